The molecule has 2 unspecified atom stereocenters. The van der Waals surface area contributed by atoms with E-state index in [1.54, 1.807) is 0 Å². The Balaban J connectivity index is 1.14. The number of aryl methyl sites for hydroxylation is 1. The molecule has 0 bridgehead atoms. The summed E-state index contributed by atoms with van der Waals surface area (Å²) in [6, 6.07) is 45.7. The van der Waals surface area contributed by atoms with Crippen LogP contribution in [0.3, 0.4) is 0 Å². The van der Waals surface area contributed by atoms with Crippen LogP contribution in [0.5, 0.6) is 0 Å². The van der Waals surface area contributed by atoms with Crippen molar-refractivity contribution < 1.29 is 13.6 Å². The average molecular weight is 726 g/mol. The van der Waals surface area contributed by atoms with Gasteiger partial charge >= 0.3 is 0 Å². The van der Waals surface area contributed by atoms with E-state index in [0.717, 1.165) is 53.3 Å². The van der Waals surface area contributed by atoms with Crippen LogP contribution in [0.4, 0.5) is 0 Å². The first-order chi connectivity index (χ1) is 27.3. The van der Waals surface area contributed by atoms with Crippen LogP contribution in [-0.4, -0.2) is 4.40 Å². The molecule has 2 aliphatic rings. The van der Waals surface area contributed by atoms with Crippen molar-refractivity contribution in [2.45, 2.75) is 58.4 Å². The zero-order valence-corrected chi connectivity index (χ0v) is 32.1. The highest BCUT2D eigenvalue weighted by molar-refractivity contribution is 6.25. The number of rotatable bonds is 1. The van der Waals surface area contributed by atoms with Crippen LogP contribution < -0.4 is 9.13 Å². The molecular formula is C52H43N3O+2. The van der Waals surface area contributed by atoms with Crippen LogP contribution in [0.1, 0.15) is 62.3 Å². The number of allylic oxidation sites excluding steroid dienone is 1. The normalized spacial score (nSPS) is 17.1. The van der Waals surface area contributed by atoms with Crippen molar-refractivity contribution in [1.29, 1.82) is 0 Å². The van der Waals surface area contributed by atoms with Crippen LogP contribution in [0.15, 0.2) is 145 Å². The molecule has 10 aromatic rings. The van der Waals surface area contributed by atoms with E-state index in [1.165, 1.54) is 77.3 Å². The second-order valence-corrected chi connectivity index (χ2v) is 17.6. The monoisotopic (exact) mass is 725 g/mol. The molecule has 5 aromatic carbocycles. The summed E-state index contributed by atoms with van der Waals surface area (Å²) in [5.41, 5.74) is 16.3. The van der Waals surface area contributed by atoms with E-state index >= 15 is 0 Å². The molecule has 4 heteroatoms. The Labute approximate surface area is 325 Å². The van der Waals surface area contributed by atoms with E-state index in [2.05, 4.69) is 168 Å². The highest BCUT2D eigenvalue weighted by Crippen LogP contribution is 2.47. The van der Waals surface area contributed by atoms with Crippen molar-refractivity contribution in [2.24, 2.45) is 5.41 Å². The number of nitrogens with zero attached hydrogens (tertiary/aromatic N) is 3. The first-order valence-corrected chi connectivity index (χ1v) is 20.2. The van der Waals surface area contributed by atoms with E-state index in [-0.39, 0.29) is 11.5 Å². The minimum Gasteiger partial charge on any atom is -0.456 e. The van der Waals surface area contributed by atoms with Gasteiger partial charge in [0, 0.05) is 68.1 Å². The number of hydrogen-bond donors (Lipinski definition) is 0. The van der Waals surface area contributed by atoms with Gasteiger partial charge in [0.1, 0.15) is 11.2 Å². The lowest BCUT2D eigenvalue weighted by Crippen LogP contribution is -2.49. The minimum atomic E-state index is 0.168. The lowest BCUT2D eigenvalue weighted by atomic mass is 9.77. The Morgan fingerprint density at radius 2 is 1.45 bits per heavy atom. The molecule has 0 N–H and O–H groups in total. The highest BCUT2D eigenvalue weighted by atomic mass is 16.3. The maximum Gasteiger partial charge on any atom is 0.218 e. The number of furan rings is 1. The largest absolute Gasteiger partial charge is 0.456 e. The summed E-state index contributed by atoms with van der Waals surface area (Å²) in [5.74, 6) is 0.338. The lowest BCUT2D eigenvalue weighted by molar-refractivity contribution is -0.720. The van der Waals surface area contributed by atoms with Crippen molar-refractivity contribution in [3.63, 3.8) is 0 Å². The molecule has 0 spiro atoms. The van der Waals surface area contributed by atoms with Gasteiger partial charge in [0.05, 0.1) is 28.5 Å². The molecule has 2 aliphatic heterocycles. The fraction of sp³-hybridized carbons (Fsp3) is 0.192. The van der Waals surface area contributed by atoms with Gasteiger partial charge in [-0.2, -0.15) is 9.13 Å². The molecule has 0 aliphatic carbocycles. The molecular weight excluding hydrogens is 683 g/mol. The molecule has 0 saturated carbocycles. The van der Waals surface area contributed by atoms with E-state index < -0.39 is 0 Å². The summed E-state index contributed by atoms with van der Waals surface area (Å²) in [4.78, 5) is 0. The molecule has 0 fully saturated rings. The summed E-state index contributed by atoms with van der Waals surface area (Å²) in [6.07, 6.45) is 8.47. The lowest BCUT2D eigenvalue weighted by Gasteiger charge is -2.31. The van der Waals surface area contributed by atoms with E-state index in [4.69, 9.17) is 11.0 Å². The first-order valence-electron chi connectivity index (χ1n) is 20.2. The average Bonchev–Trinajstić information content (AvgIpc) is 3.84. The van der Waals surface area contributed by atoms with E-state index in [0.29, 0.717) is 5.92 Å². The Morgan fingerprint density at radius 1 is 0.679 bits per heavy atom. The summed E-state index contributed by atoms with van der Waals surface area (Å²) >= 11 is 0. The van der Waals surface area contributed by atoms with Gasteiger partial charge < -0.3 is 8.82 Å². The van der Waals surface area contributed by atoms with Gasteiger partial charge in [0.25, 0.3) is 0 Å². The van der Waals surface area contributed by atoms with Crippen molar-refractivity contribution >= 4 is 65.7 Å². The summed E-state index contributed by atoms with van der Waals surface area (Å²) < 4.78 is 13.9. The third-order valence-electron chi connectivity index (χ3n) is 12.9. The standard InChI is InChI=1S/C52H43N3O/c1-31-24-45-36(34-12-5-6-13-35(34)44-17-9-10-22-54(44)45)20-19-33-26-47-41(27-40(33)46-25-32(21-23-53(31)46)30-52(2,3)4)38-15-11-16-39-42-29-50-43(28-48(42)55(47)51(38)39)37-14-7-8-18-49(37)56-50/h5-18,21-23,25-29,36,45H,1,19-20,24,30H2,2-4H3/q+2. The van der Waals surface area contributed by atoms with Crippen molar-refractivity contribution in [3.8, 4) is 22.5 Å². The molecule has 0 amide bonds. The van der Waals surface area contributed by atoms with Gasteiger partial charge in [-0.1, -0.05) is 75.4 Å². The molecule has 4 nitrogen and oxygen atoms in total. The molecule has 0 radical (unpaired) electrons. The number of pyridine rings is 2. The fourth-order valence-corrected chi connectivity index (χ4v) is 10.6. The maximum absolute atomic E-state index is 6.41. The fourth-order valence-electron chi connectivity index (χ4n) is 10.6. The molecule has 12 rings (SSSR count). The zero-order valence-electron chi connectivity index (χ0n) is 32.1. The third kappa shape index (κ3) is 4.53. The van der Waals surface area contributed by atoms with Crippen LogP contribution in [0.2, 0.25) is 0 Å². The predicted octanol–water partition coefficient (Wildman–Crippen LogP) is 12.4. The van der Waals surface area contributed by atoms with Crippen LogP contribution in [0.25, 0.3) is 88.2 Å². The number of fused-ring (bicyclic) bond motifs is 18. The molecule has 270 valence electrons. The number of aromatic nitrogens is 3. The predicted molar refractivity (Wildman–Crippen MR) is 229 cm³/mol. The number of para-hydroxylation sites is 2. The Hall–Kier alpha value is -6.26. The van der Waals surface area contributed by atoms with Crippen LogP contribution in [-0.2, 0) is 12.8 Å². The van der Waals surface area contributed by atoms with Crippen molar-refractivity contribution in [2.75, 3.05) is 0 Å². The van der Waals surface area contributed by atoms with Gasteiger partial charge in [-0.3, -0.25) is 0 Å². The summed E-state index contributed by atoms with van der Waals surface area (Å²) in [7, 11) is 0. The van der Waals surface area contributed by atoms with Gasteiger partial charge in [0.2, 0.25) is 11.4 Å². The number of hydrogen-bond acceptors (Lipinski definition) is 1. The third-order valence-corrected chi connectivity index (χ3v) is 12.9. The Morgan fingerprint density at radius 3 is 2.32 bits per heavy atom. The Kier molecular flexibility index (Phi) is 6.52. The van der Waals surface area contributed by atoms with Gasteiger partial charge in [0.15, 0.2) is 24.1 Å². The molecule has 5 aromatic heterocycles. The quantitative estimate of drug-likeness (QED) is 0.155. The summed E-state index contributed by atoms with van der Waals surface area (Å²) in [5, 5.41) is 7.42. The van der Waals surface area contributed by atoms with Crippen molar-refractivity contribution in [3.05, 3.63) is 157 Å². The molecule has 2 atom stereocenters. The van der Waals surface area contributed by atoms with Gasteiger partial charge in [-0.05, 0) is 90.4 Å². The van der Waals surface area contributed by atoms with Crippen LogP contribution in [0, 0.1) is 5.41 Å². The zero-order chi connectivity index (χ0) is 37.4. The smallest absolute Gasteiger partial charge is 0.218 e. The van der Waals surface area contributed by atoms with Gasteiger partial charge in [-0.25, -0.2) is 0 Å². The minimum absolute atomic E-state index is 0.168. The molecule has 7 heterocycles. The second kappa shape index (κ2) is 11.4. The highest BCUT2D eigenvalue weighted by Gasteiger charge is 2.42. The summed E-state index contributed by atoms with van der Waals surface area (Å²) in [6.45, 7) is 11.9. The second-order valence-electron chi connectivity index (χ2n) is 17.6. The topological polar surface area (TPSA) is 25.3 Å². The van der Waals surface area contributed by atoms with E-state index in [1.807, 2.05) is 0 Å². The van der Waals surface area contributed by atoms with E-state index in [9.17, 15) is 0 Å². The molecule has 0 saturated heterocycles. The maximum atomic E-state index is 6.41. The molecule has 56 heavy (non-hydrogen) atoms. The van der Waals surface area contributed by atoms with Gasteiger partial charge in [-0.15, -0.1) is 0 Å². The Bertz CT molecular complexity index is 3280. The number of benzene rings is 5. The van der Waals surface area contributed by atoms with Crippen LogP contribution >= 0.6 is 0 Å². The first kappa shape index (κ1) is 32.0. The van der Waals surface area contributed by atoms with Crippen molar-refractivity contribution in [1.82, 2.24) is 4.40 Å². The SMILES string of the molecule is C=C1CC2C(CCc3cc4c(cc3-c3cc(CC(C)(C)C)cc[n+]31)c1cccc3c5cc6oc7ccccc7c6cc5n4c13)c1ccccc1-c1cccc[n+]12.